The number of rotatable bonds is 3. The monoisotopic (exact) mass is 173 g/mol. The van der Waals surface area contributed by atoms with Crippen LogP contribution in [0.1, 0.15) is 33.1 Å². The second-order valence-electron chi connectivity index (χ2n) is 3.68. The van der Waals surface area contributed by atoms with Gasteiger partial charge < -0.3 is 4.74 Å². The highest BCUT2D eigenvalue weighted by Crippen LogP contribution is 2.16. The maximum absolute atomic E-state index is 5.64. The van der Waals surface area contributed by atoms with Gasteiger partial charge in [0.1, 0.15) is 0 Å². The lowest BCUT2D eigenvalue weighted by molar-refractivity contribution is -0.326. The van der Waals surface area contributed by atoms with Gasteiger partial charge in [-0.25, -0.2) is 0 Å². The summed E-state index contributed by atoms with van der Waals surface area (Å²) in [4.78, 5) is 5.64. The number of hydrogen-bond acceptors (Lipinski definition) is 3. The van der Waals surface area contributed by atoms with E-state index < -0.39 is 5.79 Å². The Bertz CT molecular complexity index is 130. The lowest BCUT2D eigenvalue weighted by Crippen LogP contribution is -2.40. The summed E-state index contributed by atoms with van der Waals surface area (Å²) in [6.07, 6.45) is 3.80. The van der Waals surface area contributed by atoms with Gasteiger partial charge in [0.25, 0.3) is 0 Å². The number of nitrogens with zero attached hydrogens (tertiary/aromatic N) is 1. The second-order valence-corrected chi connectivity index (χ2v) is 3.68. The molecule has 1 aliphatic heterocycles. The minimum Gasteiger partial charge on any atom is -0.352 e. The smallest absolute Gasteiger partial charge is 0.181 e. The fourth-order valence-corrected chi connectivity index (χ4v) is 1.30. The molecular formula is C9H19NO2. The first-order valence-electron chi connectivity index (χ1n) is 4.63. The maximum atomic E-state index is 5.64. The molecule has 0 aliphatic carbocycles. The summed E-state index contributed by atoms with van der Waals surface area (Å²) in [6, 6.07) is 0. The van der Waals surface area contributed by atoms with Gasteiger partial charge in [0, 0.05) is 20.2 Å². The molecule has 12 heavy (non-hydrogen) atoms. The topological polar surface area (TPSA) is 21.7 Å². The van der Waals surface area contributed by atoms with Crippen molar-refractivity contribution in [1.82, 2.24) is 5.06 Å². The summed E-state index contributed by atoms with van der Waals surface area (Å²) in [5.41, 5.74) is 0. The molecule has 0 atom stereocenters. The normalized spacial score (nSPS) is 21.2. The molecule has 1 aliphatic rings. The van der Waals surface area contributed by atoms with Gasteiger partial charge in [-0.1, -0.05) is 6.42 Å². The summed E-state index contributed by atoms with van der Waals surface area (Å²) in [7, 11) is 1.67. The van der Waals surface area contributed by atoms with Crippen molar-refractivity contribution in [3.8, 4) is 0 Å². The third-order valence-corrected chi connectivity index (χ3v) is 2.16. The standard InChI is InChI=1S/C9H19NO2/c1-9(2,11-3)12-10-7-5-4-6-8-10/h4-8H2,1-3H3. The second kappa shape index (κ2) is 4.21. The number of hydrogen-bond donors (Lipinski definition) is 0. The van der Waals surface area contributed by atoms with Gasteiger partial charge in [0.05, 0.1) is 0 Å². The van der Waals surface area contributed by atoms with E-state index in [0.29, 0.717) is 0 Å². The molecule has 0 unspecified atom stereocenters. The molecule has 0 aromatic carbocycles. The van der Waals surface area contributed by atoms with Crippen LogP contribution >= 0.6 is 0 Å². The number of methoxy groups -OCH3 is 1. The van der Waals surface area contributed by atoms with Gasteiger partial charge in [0.15, 0.2) is 5.79 Å². The zero-order valence-corrected chi connectivity index (χ0v) is 8.30. The molecular weight excluding hydrogens is 154 g/mol. The fourth-order valence-electron chi connectivity index (χ4n) is 1.30. The van der Waals surface area contributed by atoms with E-state index in [2.05, 4.69) is 0 Å². The molecule has 3 heteroatoms. The van der Waals surface area contributed by atoms with Crippen molar-refractivity contribution in [2.24, 2.45) is 0 Å². The van der Waals surface area contributed by atoms with Gasteiger partial charge in [-0.15, -0.1) is 0 Å². The highest BCUT2D eigenvalue weighted by molar-refractivity contribution is 4.59. The number of ether oxygens (including phenoxy) is 1. The van der Waals surface area contributed by atoms with Crippen LogP contribution < -0.4 is 0 Å². The van der Waals surface area contributed by atoms with Crippen LogP contribution in [-0.2, 0) is 9.57 Å². The van der Waals surface area contributed by atoms with E-state index in [-0.39, 0.29) is 0 Å². The van der Waals surface area contributed by atoms with Crippen LogP contribution in [-0.4, -0.2) is 31.0 Å². The first-order chi connectivity index (χ1) is 5.64. The zero-order valence-electron chi connectivity index (χ0n) is 8.30. The van der Waals surface area contributed by atoms with E-state index in [4.69, 9.17) is 9.57 Å². The molecule has 72 valence electrons. The molecule has 1 heterocycles. The Labute approximate surface area is 74.6 Å². The molecule has 0 amide bonds. The Hall–Kier alpha value is -0.120. The summed E-state index contributed by atoms with van der Waals surface area (Å²) in [5, 5.41) is 2.01. The molecule has 0 saturated carbocycles. The van der Waals surface area contributed by atoms with E-state index in [1.165, 1.54) is 19.3 Å². The summed E-state index contributed by atoms with van der Waals surface area (Å²) in [5.74, 6) is -0.475. The Morgan fingerprint density at radius 2 is 1.67 bits per heavy atom. The Morgan fingerprint density at radius 1 is 1.08 bits per heavy atom. The summed E-state index contributed by atoms with van der Waals surface area (Å²) >= 11 is 0. The van der Waals surface area contributed by atoms with Gasteiger partial charge >= 0.3 is 0 Å². The fraction of sp³-hybridized carbons (Fsp3) is 1.00. The van der Waals surface area contributed by atoms with E-state index in [9.17, 15) is 0 Å². The summed E-state index contributed by atoms with van der Waals surface area (Å²) < 4.78 is 5.18. The first-order valence-corrected chi connectivity index (χ1v) is 4.63. The van der Waals surface area contributed by atoms with Gasteiger partial charge in [0.2, 0.25) is 0 Å². The third-order valence-electron chi connectivity index (χ3n) is 2.16. The van der Waals surface area contributed by atoms with Crippen LogP contribution in [0.4, 0.5) is 0 Å². The molecule has 3 nitrogen and oxygen atoms in total. The van der Waals surface area contributed by atoms with E-state index in [0.717, 1.165) is 13.1 Å². The molecule has 0 aromatic rings. The molecule has 0 aromatic heterocycles. The number of hydroxylamine groups is 2. The lowest BCUT2D eigenvalue weighted by atomic mass is 10.2. The molecule has 0 spiro atoms. The van der Waals surface area contributed by atoms with Crippen LogP contribution in [0.15, 0.2) is 0 Å². The van der Waals surface area contributed by atoms with Crippen molar-refractivity contribution >= 4 is 0 Å². The number of piperidine rings is 1. The van der Waals surface area contributed by atoms with Crippen LogP contribution in [0, 0.1) is 0 Å². The largest absolute Gasteiger partial charge is 0.352 e. The van der Waals surface area contributed by atoms with E-state index in [1.807, 2.05) is 18.9 Å². The predicted molar refractivity (Wildman–Crippen MR) is 47.6 cm³/mol. The third kappa shape index (κ3) is 3.09. The average molecular weight is 173 g/mol. The SMILES string of the molecule is COC(C)(C)ON1CCCCC1. The Morgan fingerprint density at radius 3 is 2.17 bits per heavy atom. The van der Waals surface area contributed by atoms with Crippen molar-refractivity contribution in [1.29, 1.82) is 0 Å². The van der Waals surface area contributed by atoms with Gasteiger partial charge in [-0.2, -0.15) is 5.06 Å². The van der Waals surface area contributed by atoms with Crippen molar-refractivity contribution < 1.29 is 9.57 Å². The van der Waals surface area contributed by atoms with Crippen molar-refractivity contribution in [3.05, 3.63) is 0 Å². The van der Waals surface area contributed by atoms with Crippen molar-refractivity contribution in [2.75, 3.05) is 20.2 Å². The first kappa shape index (κ1) is 9.96. The minimum atomic E-state index is -0.475. The molecule has 0 N–H and O–H groups in total. The average Bonchev–Trinajstić information content (AvgIpc) is 2.06. The molecule has 1 fully saturated rings. The van der Waals surface area contributed by atoms with Gasteiger partial charge in [-0.05, 0) is 26.7 Å². The van der Waals surface area contributed by atoms with Crippen molar-refractivity contribution in [2.45, 2.75) is 38.9 Å². The van der Waals surface area contributed by atoms with Gasteiger partial charge in [-0.3, -0.25) is 4.84 Å². The van der Waals surface area contributed by atoms with Crippen LogP contribution in [0.3, 0.4) is 0 Å². The minimum absolute atomic E-state index is 0.475. The molecule has 0 radical (unpaired) electrons. The van der Waals surface area contributed by atoms with E-state index >= 15 is 0 Å². The highest BCUT2D eigenvalue weighted by Gasteiger charge is 2.22. The lowest BCUT2D eigenvalue weighted by Gasteiger charge is -2.33. The Kier molecular flexibility index (Phi) is 3.50. The zero-order chi connectivity index (χ0) is 9.03. The van der Waals surface area contributed by atoms with Crippen LogP contribution in [0.5, 0.6) is 0 Å². The van der Waals surface area contributed by atoms with Crippen molar-refractivity contribution in [3.63, 3.8) is 0 Å². The molecule has 1 rings (SSSR count). The van der Waals surface area contributed by atoms with Crippen LogP contribution in [0.25, 0.3) is 0 Å². The predicted octanol–water partition coefficient (Wildman–Crippen LogP) is 1.79. The maximum Gasteiger partial charge on any atom is 0.181 e. The quantitative estimate of drug-likeness (QED) is 0.607. The Balaban J connectivity index is 2.28. The molecule has 1 saturated heterocycles. The van der Waals surface area contributed by atoms with Crippen LogP contribution in [0.2, 0.25) is 0 Å². The summed E-state index contributed by atoms with van der Waals surface area (Å²) in [6.45, 7) is 5.93. The van der Waals surface area contributed by atoms with E-state index in [1.54, 1.807) is 7.11 Å². The highest BCUT2D eigenvalue weighted by atomic mass is 16.8. The molecule has 0 bridgehead atoms.